The Kier molecular flexibility index (Phi) is 6.91. The molecule has 2 N–H and O–H groups in total. The summed E-state index contributed by atoms with van der Waals surface area (Å²) in [4.78, 5) is 0. The second-order valence-corrected chi connectivity index (χ2v) is 13.3. The van der Waals surface area contributed by atoms with E-state index >= 15 is 0 Å². The van der Waals surface area contributed by atoms with E-state index < -0.39 is 14.6 Å². The highest BCUT2D eigenvalue weighted by Crippen LogP contribution is 2.45. The smallest absolute Gasteiger partial charge is 0.227 e. The lowest BCUT2D eigenvalue weighted by molar-refractivity contribution is 0.589. The maximum atomic E-state index is 14.3. The molecular weight excluding hydrogens is 482 g/mol. The van der Waals surface area contributed by atoms with Gasteiger partial charge in [-0.25, -0.2) is 0 Å². The van der Waals surface area contributed by atoms with Gasteiger partial charge in [0.05, 0.1) is 0 Å². The van der Waals surface area contributed by atoms with E-state index in [4.69, 9.17) is 0 Å². The highest BCUT2D eigenvalue weighted by molar-refractivity contribution is 7.80. The molecule has 0 aliphatic rings. The molecule has 0 aromatic heterocycles. The van der Waals surface area contributed by atoms with Crippen LogP contribution >= 0.6 is 14.6 Å². The van der Waals surface area contributed by atoms with Crippen LogP contribution in [0.4, 0.5) is 11.4 Å². The topological polar surface area (TPSA) is 58.2 Å². The van der Waals surface area contributed by atoms with E-state index in [0.717, 1.165) is 21.2 Å². The predicted octanol–water partition coefficient (Wildman–Crippen LogP) is 6.37. The van der Waals surface area contributed by atoms with Gasteiger partial charge in [0.1, 0.15) is 0 Å². The molecule has 5 aromatic carbocycles. The third kappa shape index (κ3) is 4.93. The van der Waals surface area contributed by atoms with Crippen molar-refractivity contribution in [2.45, 2.75) is 0 Å². The molecule has 0 bridgehead atoms. The third-order valence-electron chi connectivity index (χ3n) is 5.94. The van der Waals surface area contributed by atoms with E-state index in [1.165, 1.54) is 0 Å². The molecule has 0 aliphatic heterocycles. The van der Waals surface area contributed by atoms with E-state index in [1.54, 1.807) is 0 Å². The molecule has 5 aromatic rings. The van der Waals surface area contributed by atoms with Crippen LogP contribution in [-0.4, -0.2) is 0 Å². The Balaban J connectivity index is 1.46. The highest BCUT2D eigenvalue weighted by Gasteiger charge is 2.28. The first kappa shape index (κ1) is 23.9. The van der Waals surface area contributed by atoms with Crippen molar-refractivity contribution in [3.05, 3.63) is 146 Å². The van der Waals surface area contributed by atoms with Gasteiger partial charge >= 0.3 is 0 Å². The molecule has 5 rings (SSSR count). The summed E-state index contributed by atoms with van der Waals surface area (Å²) in [6, 6.07) is 45.3. The van der Waals surface area contributed by atoms with Crippen molar-refractivity contribution in [1.82, 2.24) is 0 Å². The SMILES string of the molecule is O=P(Nc1ccc(NP(=O)(c2ccccc2)c2ccccc2)cc1)(c1ccccc1)c1ccccc1. The van der Waals surface area contributed by atoms with Crippen LogP contribution in [0, 0.1) is 0 Å². The second kappa shape index (κ2) is 10.4. The fraction of sp³-hybridized carbons (Fsp3) is 0. The van der Waals surface area contributed by atoms with Crippen molar-refractivity contribution in [2.24, 2.45) is 0 Å². The number of hydrogen-bond acceptors (Lipinski definition) is 2. The molecule has 0 spiro atoms. The lowest BCUT2D eigenvalue weighted by atomic mass is 10.3. The summed E-state index contributed by atoms with van der Waals surface area (Å²) in [6.07, 6.45) is 0. The van der Waals surface area contributed by atoms with Crippen molar-refractivity contribution in [2.75, 3.05) is 10.2 Å². The molecule has 0 heterocycles. The summed E-state index contributed by atoms with van der Waals surface area (Å²) in [6.45, 7) is 0. The fourth-order valence-corrected chi connectivity index (χ4v) is 8.60. The standard InChI is InChI=1S/C30H26N2O2P2/c33-35(27-13-5-1-6-14-27,28-15-7-2-8-16-28)31-25-21-23-26(24-22-25)32-36(34,29-17-9-3-10-18-29)30-19-11-4-12-20-30/h1-24H,(H,31,33)(H,32,34). The molecule has 0 radical (unpaired) electrons. The average Bonchev–Trinajstić information content (AvgIpc) is 2.96. The fourth-order valence-electron chi connectivity index (χ4n) is 4.09. The second-order valence-electron chi connectivity index (χ2n) is 8.36. The van der Waals surface area contributed by atoms with Gasteiger partial charge < -0.3 is 10.2 Å². The Bertz CT molecular complexity index is 1300. The molecule has 0 unspecified atom stereocenters. The van der Waals surface area contributed by atoms with Crippen LogP contribution in [0.3, 0.4) is 0 Å². The van der Waals surface area contributed by atoms with E-state index in [9.17, 15) is 9.13 Å². The van der Waals surface area contributed by atoms with Gasteiger partial charge in [0.25, 0.3) is 0 Å². The minimum Gasteiger partial charge on any atom is -0.329 e. The van der Waals surface area contributed by atoms with Crippen LogP contribution in [0.25, 0.3) is 0 Å². The Hall–Kier alpha value is -3.84. The zero-order valence-electron chi connectivity index (χ0n) is 19.6. The minimum absolute atomic E-state index is 0.714. The van der Waals surface area contributed by atoms with Gasteiger partial charge in [0, 0.05) is 32.6 Å². The number of anilines is 2. The predicted molar refractivity (Wildman–Crippen MR) is 153 cm³/mol. The molecule has 0 aliphatic carbocycles. The van der Waals surface area contributed by atoms with E-state index in [1.807, 2.05) is 146 Å². The Morgan fingerprint density at radius 3 is 0.778 bits per heavy atom. The summed E-state index contributed by atoms with van der Waals surface area (Å²) in [5.41, 5.74) is 1.43. The normalized spacial score (nSPS) is 11.6. The van der Waals surface area contributed by atoms with Crippen LogP contribution in [-0.2, 0) is 9.13 Å². The monoisotopic (exact) mass is 508 g/mol. The minimum atomic E-state index is -3.12. The largest absolute Gasteiger partial charge is 0.329 e. The van der Waals surface area contributed by atoms with Crippen molar-refractivity contribution in [3.8, 4) is 0 Å². The first-order valence-corrected chi connectivity index (χ1v) is 15.1. The van der Waals surface area contributed by atoms with Gasteiger partial charge in [0.15, 0.2) is 0 Å². The molecule has 178 valence electrons. The summed E-state index contributed by atoms with van der Waals surface area (Å²) in [7, 11) is -6.25. The Morgan fingerprint density at radius 2 is 0.556 bits per heavy atom. The van der Waals surface area contributed by atoms with E-state index in [2.05, 4.69) is 10.2 Å². The first-order valence-electron chi connectivity index (χ1n) is 11.7. The average molecular weight is 508 g/mol. The number of rotatable bonds is 8. The summed E-state index contributed by atoms with van der Waals surface area (Å²) in [5, 5.41) is 9.53. The molecule has 4 nitrogen and oxygen atoms in total. The number of hydrogen-bond donors (Lipinski definition) is 2. The molecular formula is C30H26N2O2P2. The summed E-state index contributed by atoms with van der Waals surface area (Å²) in [5.74, 6) is 0. The van der Waals surface area contributed by atoms with Gasteiger partial charge in [-0.05, 0) is 72.8 Å². The lowest BCUT2D eigenvalue weighted by Crippen LogP contribution is -2.22. The maximum absolute atomic E-state index is 14.3. The third-order valence-corrected chi connectivity index (χ3v) is 11.2. The van der Waals surface area contributed by atoms with E-state index in [-0.39, 0.29) is 0 Å². The van der Waals surface area contributed by atoms with Crippen LogP contribution in [0.2, 0.25) is 0 Å². The zero-order valence-corrected chi connectivity index (χ0v) is 21.4. The molecule has 6 heteroatoms. The van der Waals surface area contributed by atoms with Crippen molar-refractivity contribution in [1.29, 1.82) is 0 Å². The molecule has 0 atom stereocenters. The molecule has 0 fully saturated rings. The van der Waals surface area contributed by atoms with Gasteiger partial charge in [-0.15, -0.1) is 0 Å². The van der Waals surface area contributed by atoms with Crippen LogP contribution in [0.1, 0.15) is 0 Å². The molecule has 0 saturated heterocycles. The Morgan fingerprint density at radius 1 is 0.333 bits per heavy atom. The van der Waals surface area contributed by atoms with Crippen LogP contribution in [0.5, 0.6) is 0 Å². The van der Waals surface area contributed by atoms with Crippen LogP contribution < -0.4 is 31.4 Å². The first-order chi connectivity index (χ1) is 17.6. The van der Waals surface area contributed by atoms with Gasteiger partial charge in [-0.3, -0.25) is 9.13 Å². The zero-order chi connectivity index (χ0) is 24.8. The maximum Gasteiger partial charge on any atom is 0.227 e. The summed E-state index contributed by atoms with van der Waals surface area (Å²) >= 11 is 0. The van der Waals surface area contributed by atoms with Crippen molar-refractivity contribution < 1.29 is 9.13 Å². The van der Waals surface area contributed by atoms with Gasteiger partial charge in [-0.2, -0.15) is 0 Å². The molecule has 0 amide bonds. The van der Waals surface area contributed by atoms with Gasteiger partial charge in [-0.1, -0.05) is 72.8 Å². The molecule has 0 saturated carbocycles. The highest BCUT2D eigenvalue weighted by atomic mass is 31.2. The lowest BCUT2D eigenvalue weighted by Gasteiger charge is -2.23. The van der Waals surface area contributed by atoms with Gasteiger partial charge in [0.2, 0.25) is 14.6 Å². The Labute approximate surface area is 211 Å². The van der Waals surface area contributed by atoms with Crippen LogP contribution in [0.15, 0.2) is 146 Å². The van der Waals surface area contributed by atoms with Crippen molar-refractivity contribution >= 4 is 47.2 Å². The number of benzene rings is 5. The van der Waals surface area contributed by atoms with E-state index in [0.29, 0.717) is 11.4 Å². The summed E-state index contributed by atoms with van der Waals surface area (Å²) < 4.78 is 28.6. The quantitative estimate of drug-likeness (QED) is 0.239. The molecule has 36 heavy (non-hydrogen) atoms. The number of nitrogens with one attached hydrogen (secondary N) is 2. The van der Waals surface area contributed by atoms with Crippen molar-refractivity contribution in [3.63, 3.8) is 0 Å².